The second-order valence-corrected chi connectivity index (χ2v) is 3.08. The molecule has 1 saturated heterocycles. The van der Waals surface area contributed by atoms with Gasteiger partial charge in [-0.1, -0.05) is 0 Å². The summed E-state index contributed by atoms with van der Waals surface area (Å²) in [6.07, 6.45) is 1.28. The van der Waals surface area contributed by atoms with Crippen LogP contribution >= 0.6 is 0 Å². The summed E-state index contributed by atoms with van der Waals surface area (Å²) in [5.41, 5.74) is 10.4. The van der Waals surface area contributed by atoms with Gasteiger partial charge in [-0.25, -0.2) is 4.99 Å². The molecule has 2 unspecified atom stereocenters. The van der Waals surface area contributed by atoms with Gasteiger partial charge in [-0.3, -0.25) is 4.79 Å². The van der Waals surface area contributed by atoms with Crippen LogP contribution in [0.2, 0.25) is 0 Å². The Morgan fingerprint density at radius 3 is 2.54 bits per heavy atom. The molecule has 13 heavy (non-hydrogen) atoms. The first-order valence-corrected chi connectivity index (χ1v) is 4.14. The Morgan fingerprint density at radius 1 is 1.46 bits per heavy atom. The number of piperidine rings is 1. The molecule has 0 aliphatic carbocycles. The molecule has 0 aromatic rings. The third kappa shape index (κ3) is 2.90. The summed E-state index contributed by atoms with van der Waals surface area (Å²) >= 11 is 0. The molecule has 1 rings (SSSR count). The molecular weight excluding hydrogens is 172 g/mol. The third-order valence-corrected chi connectivity index (χ3v) is 2.02. The van der Waals surface area contributed by atoms with Crippen molar-refractivity contribution < 1.29 is 9.90 Å². The summed E-state index contributed by atoms with van der Waals surface area (Å²) in [5, 5.41) is 11.5. The predicted octanol–water partition coefficient (Wildman–Crippen LogP) is -1.53. The van der Waals surface area contributed by atoms with Crippen LogP contribution in [-0.2, 0) is 4.79 Å². The summed E-state index contributed by atoms with van der Waals surface area (Å²) in [7, 11) is 0. The second-order valence-electron chi connectivity index (χ2n) is 3.08. The lowest BCUT2D eigenvalue weighted by atomic mass is 10.0. The maximum atomic E-state index is 10.5. The predicted molar refractivity (Wildman–Crippen MR) is 48.3 cm³/mol. The van der Waals surface area contributed by atoms with Crippen molar-refractivity contribution in [3.05, 3.63) is 0 Å². The zero-order chi connectivity index (χ0) is 9.84. The molecule has 1 aliphatic heterocycles. The van der Waals surface area contributed by atoms with E-state index in [1.54, 1.807) is 0 Å². The van der Waals surface area contributed by atoms with Gasteiger partial charge in [0.1, 0.15) is 6.04 Å². The van der Waals surface area contributed by atoms with Gasteiger partial charge in [-0.2, -0.15) is 0 Å². The monoisotopic (exact) mass is 186 g/mol. The average Bonchev–Trinajstić information content (AvgIpc) is 2.04. The van der Waals surface area contributed by atoms with E-state index in [4.69, 9.17) is 16.6 Å². The SMILES string of the molecule is NC(N)=NC1CCC(C(=O)O)NC1. The number of nitrogens with one attached hydrogen (secondary N) is 1. The van der Waals surface area contributed by atoms with Crippen LogP contribution in [0.5, 0.6) is 0 Å². The minimum absolute atomic E-state index is 0.0144. The summed E-state index contributed by atoms with van der Waals surface area (Å²) in [5.74, 6) is -0.760. The van der Waals surface area contributed by atoms with Crippen LogP contribution in [0.1, 0.15) is 12.8 Å². The number of carbonyl (C=O) groups is 1. The van der Waals surface area contributed by atoms with Crippen molar-refractivity contribution in [3.8, 4) is 0 Å². The molecule has 74 valence electrons. The van der Waals surface area contributed by atoms with Crippen LogP contribution in [-0.4, -0.2) is 35.7 Å². The molecule has 1 heterocycles. The average molecular weight is 186 g/mol. The van der Waals surface area contributed by atoms with E-state index in [9.17, 15) is 4.79 Å². The first-order valence-electron chi connectivity index (χ1n) is 4.14. The Kier molecular flexibility index (Phi) is 3.07. The maximum absolute atomic E-state index is 10.5. The van der Waals surface area contributed by atoms with Crippen LogP contribution < -0.4 is 16.8 Å². The number of nitrogens with two attached hydrogens (primary N) is 2. The van der Waals surface area contributed by atoms with Crippen molar-refractivity contribution in [2.24, 2.45) is 16.5 Å². The van der Waals surface area contributed by atoms with Crippen LogP contribution in [0, 0.1) is 0 Å². The minimum Gasteiger partial charge on any atom is -0.480 e. The molecule has 0 radical (unpaired) electrons. The highest BCUT2D eigenvalue weighted by Crippen LogP contribution is 2.10. The van der Waals surface area contributed by atoms with Crippen LogP contribution in [0.4, 0.5) is 0 Å². The molecule has 0 spiro atoms. The van der Waals surface area contributed by atoms with Crippen molar-refractivity contribution in [1.29, 1.82) is 0 Å². The fourth-order valence-electron chi connectivity index (χ4n) is 1.37. The maximum Gasteiger partial charge on any atom is 0.320 e. The van der Waals surface area contributed by atoms with E-state index < -0.39 is 12.0 Å². The van der Waals surface area contributed by atoms with Crippen molar-refractivity contribution in [1.82, 2.24) is 5.32 Å². The first-order chi connectivity index (χ1) is 6.09. The van der Waals surface area contributed by atoms with Crippen molar-refractivity contribution in [3.63, 3.8) is 0 Å². The van der Waals surface area contributed by atoms with Gasteiger partial charge in [0.15, 0.2) is 5.96 Å². The van der Waals surface area contributed by atoms with Gasteiger partial charge in [0.2, 0.25) is 0 Å². The van der Waals surface area contributed by atoms with Gasteiger partial charge in [0, 0.05) is 6.54 Å². The van der Waals surface area contributed by atoms with E-state index in [1.807, 2.05) is 0 Å². The fraction of sp³-hybridized carbons (Fsp3) is 0.714. The molecule has 6 N–H and O–H groups in total. The molecule has 6 heteroatoms. The summed E-state index contributed by atoms with van der Waals surface area (Å²) < 4.78 is 0. The quantitative estimate of drug-likeness (QED) is 0.308. The summed E-state index contributed by atoms with van der Waals surface area (Å²) in [4.78, 5) is 14.5. The lowest BCUT2D eigenvalue weighted by molar-refractivity contribution is -0.140. The van der Waals surface area contributed by atoms with E-state index in [-0.39, 0.29) is 12.0 Å². The van der Waals surface area contributed by atoms with Crippen molar-refractivity contribution >= 4 is 11.9 Å². The summed E-state index contributed by atoms with van der Waals surface area (Å²) in [6.45, 7) is 0.523. The molecule has 6 nitrogen and oxygen atoms in total. The number of aliphatic imine (C=N–C) groups is 1. The minimum atomic E-state index is -0.817. The largest absolute Gasteiger partial charge is 0.480 e. The molecule has 0 aromatic heterocycles. The van der Waals surface area contributed by atoms with Gasteiger partial charge in [0.25, 0.3) is 0 Å². The first kappa shape index (κ1) is 9.79. The zero-order valence-corrected chi connectivity index (χ0v) is 7.23. The standard InChI is InChI=1S/C7H14N4O2/c8-7(9)11-4-1-2-5(6(12)13)10-3-4/h4-5,10H,1-3H2,(H,12,13)(H4,8,9,11). The van der Waals surface area contributed by atoms with E-state index in [0.29, 0.717) is 19.4 Å². The van der Waals surface area contributed by atoms with Gasteiger partial charge >= 0.3 is 5.97 Å². The topological polar surface area (TPSA) is 114 Å². The Morgan fingerprint density at radius 2 is 2.15 bits per heavy atom. The van der Waals surface area contributed by atoms with Gasteiger partial charge in [0.05, 0.1) is 6.04 Å². The Bertz CT molecular complexity index is 217. The second kappa shape index (κ2) is 4.08. The van der Waals surface area contributed by atoms with E-state index in [2.05, 4.69) is 10.3 Å². The van der Waals surface area contributed by atoms with Crippen LogP contribution in [0.25, 0.3) is 0 Å². The van der Waals surface area contributed by atoms with Crippen molar-refractivity contribution in [2.45, 2.75) is 24.9 Å². The highest BCUT2D eigenvalue weighted by Gasteiger charge is 2.24. The Hall–Kier alpha value is -1.30. The Balaban J connectivity index is 2.39. The van der Waals surface area contributed by atoms with E-state index >= 15 is 0 Å². The number of nitrogens with zero attached hydrogens (tertiary/aromatic N) is 1. The number of carboxylic acids is 1. The van der Waals surface area contributed by atoms with Gasteiger partial charge in [-0.05, 0) is 12.8 Å². The highest BCUT2D eigenvalue weighted by atomic mass is 16.4. The van der Waals surface area contributed by atoms with Crippen LogP contribution in [0.15, 0.2) is 4.99 Å². The normalized spacial score (nSPS) is 28.0. The number of hydrogen-bond donors (Lipinski definition) is 4. The van der Waals surface area contributed by atoms with Gasteiger partial charge < -0.3 is 21.9 Å². The van der Waals surface area contributed by atoms with Crippen molar-refractivity contribution in [2.75, 3.05) is 6.54 Å². The molecule has 1 aliphatic rings. The molecule has 0 aromatic carbocycles. The van der Waals surface area contributed by atoms with Crippen LogP contribution in [0.3, 0.4) is 0 Å². The highest BCUT2D eigenvalue weighted by molar-refractivity contribution is 5.76. The number of hydrogen-bond acceptors (Lipinski definition) is 3. The molecule has 1 fully saturated rings. The fourth-order valence-corrected chi connectivity index (χ4v) is 1.37. The summed E-state index contributed by atoms with van der Waals surface area (Å²) in [6, 6.07) is -0.439. The Labute approximate surface area is 76.0 Å². The number of aliphatic carboxylic acids is 1. The van der Waals surface area contributed by atoms with E-state index in [0.717, 1.165) is 0 Å². The number of rotatable bonds is 2. The lowest BCUT2D eigenvalue weighted by Crippen LogP contribution is -2.46. The lowest BCUT2D eigenvalue weighted by Gasteiger charge is -2.24. The van der Waals surface area contributed by atoms with E-state index in [1.165, 1.54) is 0 Å². The smallest absolute Gasteiger partial charge is 0.320 e. The van der Waals surface area contributed by atoms with Gasteiger partial charge in [-0.15, -0.1) is 0 Å². The molecule has 0 saturated carbocycles. The number of carboxylic acid groups (broad SMARTS) is 1. The third-order valence-electron chi connectivity index (χ3n) is 2.02. The molecule has 2 atom stereocenters. The zero-order valence-electron chi connectivity index (χ0n) is 7.23. The number of guanidine groups is 1. The molecule has 0 bridgehead atoms. The molecule has 0 amide bonds. The molecular formula is C7H14N4O2.